The summed E-state index contributed by atoms with van der Waals surface area (Å²) in [5.41, 5.74) is 4.07. The lowest BCUT2D eigenvalue weighted by Gasteiger charge is -2.28. The molecule has 0 aliphatic carbocycles. The van der Waals surface area contributed by atoms with Crippen LogP contribution < -0.4 is 10.7 Å². The highest BCUT2D eigenvalue weighted by Crippen LogP contribution is 2.36. The average Bonchev–Trinajstić information content (AvgIpc) is 3.02. The Morgan fingerprint density at radius 3 is 2.87 bits per heavy atom. The minimum atomic E-state index is -3.06. The van der Waals surface area contributed by atoms with E-state index in [0.29, 0.717) is 10.7 Å². The highest BCUT2D eigenvalue weighted by molar-refractivity contribution is 6.30. The Morgan fingerprint density at radius 2 is 2.17 bits per heavy atom. The van der Waals surface area contributed by atoms with Gasteiger partial charge in [-0.05, 0) is 19.1 Å². The van der Waals surface area contributed by atoms with Crippen LogP contribution in [0.1, 0.15) is 22.3 Å². The van der Waals surface area contributed by atoms with Crippen molar-refractivity contribution in [2.75, 3.05) is 23.8 Å². The summed E-state index contributed by atoms with van der Waals surface area (Å²) in [4.78, 5) is 22.2. The molecule has 3 rings (SSSR count). The number of nitrogens with zero attached hydrogens (tertiary/aromatic N) is 4. The van der Waals surface area contributed by atoms with Crippen molar-refractivity contribution >= 4 is 41.6 Å². The quantitative estimate of drug-likeness (QED) is 0.456. The number of carbonyl (C=O) groups is 1. The molecule has 3 N–H and O–H groups in total. The summed E-state index contributed by atoms with van der Waals surface area (Å²) in [6.07, 6.45) is 4.45. The van der Waals surface area contributed by atoms with Gasteiger partial charge in [-0.15, -0.1) is 0 Å². The third-order valence-electron chi connectivity index (χ3n) is 4.62. The number of carbonyl (C=O) groups excluding carboxylic acids is 1. The molecule has 1 unspecified atom stereocenters. The number of likely N-dealkylation sites (tertiary alicyclic amines) is 1. The zero-order valence-electron chi connectivity index (χ0n) is 16.1. The average molecular weight is 436 g/mol. The van der Waals surface area contributed by atoms with Gasteiger partial charge in [-0.25, -0.2) is 18.7 Å². The SMILES string of the molecule is Cc1ccc(N/N=C\C=N)c(C(=O)N2CCC(F)(F)C2CNc2ncc(Cl)cn2)c1. The van der Waals surface area contributed by atoms with Gasteiger partial charge in [-0.1, -0.05) is 23.2 Å². The lowest BCUT2D eigenvalue weighted by atomic mass is 10.1. The van der Waals surface area contributed by atoms with Crippen LogP contribution in [0.25, 0.3) is 0 Å². The standard InChI is InChI=1S/C19H20ClF2N7O/c1-12-2-3-15(28-27-6-5-23)14(8-12)17(30)29-7-4-19(21,22)16(29)11-26-18-24-9-13(20)10-25-18/h2-3,5-6,8-10,16,23,28H,4,7,11H2,1H3,(H,24,25,26)/b23-5?,27-6-. The van der Waals surface area contributed by atoms with E-state index in [1.54, 1.807) is 25.1 Å². The van der Waals surface area contributed by atoms with E-state index in [-0.39, 0.29) is 24.6 Å². The van der Waals surface area contributed by atoms with E-state index in [1.165, 1.54) is 18.6 Å². The molecule has 1 saturated heterocycles. The summed E-state index contributed by atoms with van der Waals surface area (Å²) >= 11 is 5.74. The molecule has 2 heterocycles. The monoisotopic (exact) mass is 435 g/mol. The van der Waals surface area contributed by atoms with Gasteiger partial charge in [0, 0.05) is 25.7 Å². The number of amides is 1. The second-order valence-corrected chi connectivity index (χ2v) is 7.17. The summed E-state index contributed by atoms with van der Waals surface area (Å²) in [7, 11) is 0. The first-order valence-electron chi connectivity index (χ1n) is 9.11. The molecular weight excluding hydrogens is 416 g/mol. The van der Waals surface area contributed by atoms with Gasteiger partial charge in [-0.3, -0.25) is 10.2 Å². The number of nitrogens with one attached hydrogen (secondary N) is 3. The first-order chi connectivity index (χ1) is 14.3. The van der Waals surface area contributed by atoms with Crippen LogP contribution in [0, 0.1) is 12.3 Å². The smallest absolute Gasteiger partial charge is 0.271 e. The summed E-state index contributed by atoms with van der Waals surface area (Å²) in [6, 6.07) is 3.66. The van der Waals surface area contributed by atoms with Gasteiger partial charge < -0.3 is 15.6 Å². The normalized spacial score (nSPS) is 17.9. The molecule has 1 fully saturated rings. The van der Waals surface area contributed by atoms with Crippen molar-refractivity contribution in [3.63, 3.8) is 0 Å². The van der Waals surface area contributed by atoms with E-state index < -0.39 is 24.3 Å². The van der Waals surface area contributed by atoms with Crippen LogP contribution in [-0.4, -0.2) is 58.3 Å². The second-order valence-electron chi connectivity index (χ2n) is 6.74. The molecule has 0 radical (unpaired) electrons. The van der Waals surface area contributed by atoms with Gasteiger partial charge in [0.15, 0.2) is 0 Å². The predicted octanol–water partition coefficient (Wildman–Crippen LogP) is 3.45. The van der Waals surface area contributed by atoms with Crippen LogP contribution in [0.3, 0.4) is 0 Å². The number of hydrogen-bond acceptors (Lipinski definition) is 7. The molecule has 1 aromatic carbocycles. The van der Waals surface area contributed by atoms with Gasteiger partial charge in [0.25, 0.3) is 11.8 Å². The Kier molecular flexibility index (Phi) is 6.56. The first-order valence-corrected chi connectivity index (χ1v) is 9.48. The molecule has 1 aliphatic heterocycles. The van der Waals surface area contributed by atoms with Crippen LogP contribution >= 0.6 is 11.6 Å². The number of alkyl halides is 2. The van der Waals surface area contributed by atoms with Gasteiger partial charge in [0.05, 0.1) is 34.9 Å². The molecule has 30 heavy (non-hydrogen) atoms. The molecule has 8 nitrogen and oxygen atoms in total. The van der Waals surface area contributed by atoms with Crippen molar-refractivity contribution in [2.24, 2.45) is 5.10 Å². The van der Waals surface area contributed by atoms with Crippen LogP contribution in [0.4, 0.5) is 20.4 Å². The first kappa shape index (κ1) is 21.6. The van der Waals surface area contributed by atoms with E-state index in [4.69, 9.17) is 17.0 Å². The predicted molar refractivity (Wildman–Crippen MR) is 112 cm³/mol. The number of anilines is 2. The van der Waals surface area contributed by atoms with Gasteiger partial charge in [0.2, 0.25) is 5.95 Å². The molecule has 11 heteroatoms. The highest BCUT2D eigenvalue weighted by Gasteiger charge is 2.50. The van der Waals surface area contributed by atoms with Crippen molar-refractivity contribution in [2.45, 2.75) is 25.3 Å². The van der Waals surface area contributed by atoms with E-state index in [2.05, 4.69) is 25.8 Å². The fraction of sp³-hybridized carbons (Fsp3) is 0.316. The number of halogens is 3. The van der Waals surface area contributed by atoms with E-state index in [9.17, 15) is 13.6 Å². The summed E-state index contributed by atoms with van der Waals surface area (Å²) in [5, 5.41) is 13.9. The lowest BCUT2D eigenvalue weighted by Crippen LogP contribution is -2.47. The Morgan fingerprint density at radius 1 is 1.43 bits per heavy atom. The van der Waals surface area contributed by atoms with E-state index >= 15 is 0 Å². The number of aryl methyl sites for hydroxylation is 1. The number of hydrazone groups is 1. The minimum Gasteiger partial charge on any atom is -0.352 e. The maximum atomic E-state index is 14.6. The van der Waals surface area contributed by atoms with Gasteiger partial charge in [0.1, 0.15) is 6.04 Å². The molecule has 1 aromatic heterocycles. The molecule has 0 bridgehead atoms. The topological polar surface area (TPSA) is 106 Å². The van der Waals surface area contributed by atoms with Crippen LogP contribution in [0.15, 0.2) is 35.7 Å². The van der Waals surface area contributed by atoms with Crippen LogP contribution in [0.2, 0.25) is 5.02 Å². The van der Waals surface area contributed by atoms with Crippen molar-refractivity contribution in [3.05, 3.63) is 46.7 Å². The summed E-state index contributed by atoms with van der Waals surface area (Å²) in [5.74, 6) is -3.45. The maximum Gasteiger partial charge on any atom is 0.271 e. The third kappa shape index (κ3) is 4.88. The molecule has 0 spiro atoms. The van der Waals surface area contributed by atoms with Crippen molar-refractivity contribution in [1.29, 1.82) is 5.41 Å². The number of rotatable bonds is 7. The number of benzene rings is 1. The Hall–Kier alpha value is -3.14. The Bertz CT molecular complexity index is 952. The highest BCUT2D eigenvalue weighted by atomic mass is 35.5. The van der Waals surface area contributed by atoms with Crippen molar-refractivity contribution in [3.8, 4) is 0 Å². The maximum absolute atomic E-state index is 14.6. The lowest BCUT2D eigenvalue weighted by molar-refractivity contribution is -0.0248. The fourth-order valence-corrected chi connectivity index (χ4v) is 3.24. The zero-order chi connectivity index (χ0) is 21.7. The molecule has 2 aromatic rings. The minimum absolute atomic E-state index is 0.0865. The fourth-order valence-electron chi connectivity index (χ4n) is 3.15. The molecule has 1 atom stereocenters. The van der Waals surface area contributed by atoms with Gasteiger partial charge in [-0.2, -0.15) is 5.10 Å². The van der Waals surface area contributed by atoms with Crippen LogP contribution in [0.5, 0.6) is 0 Å². The number of aromatic nitrogens is 2. The van der Waals surface area contributed by atoms with Crippen molar-refractivity contribution in [1.82, 2.24) is 14.9 Å². The second kappa shape index (κ2) is 9.12. The molecule has 0 saturated carbocycles. The Balaban J connectivity index is 1.83. The summed E-state index contributed by atoms with van der Waals surface area (Å²) in [6.45, 7) is 1.49. The largest absolute Gasteiger partial charge is 0.352 e. The zero-order valence-corrected chi connectivity index (χ0v) is 16.8. The van der Waals surface area contributed by atoms with E-state index in [0.717, 1.165) is 16.7 Å². The molecular formula is C19H20ClF2N7O. The molecule has 1 aliphatic rings. The summed E-state index contributed by atoms with van der Waals surface area (Å²) < 4.78 is 29.1. The third-order valence-corrected chi connectivity index (χ3v) is 4.82. The Labute approximate surface area is 176 Å². The van der Waals surface area contributed by atoms with Crippen molar-refractivity contribution < 1.29 is 13.6 Å². The molecule has 1 amide bonds. The molecule has 158 valence electrons. The van der Waals surface area contributed by atoms with E-state index in [1.807, 2.05) is 0 Å². The number of hydrogen-bond donors (Lipinski definition) is 3. The van der Waals surface area contributed by atoms with Gasteiger partial charge >= 0.3 is 0 Å². The van der Waals surface area contributed by atoms with Crippen LogP contribution in [-0.2, 0) is 0 Å².